The zero-order valence-corrected chi connectivity index (χ0v) is 8.77. The summed E-state index contributed by atoms with van der Waals surface area (Å²) in [7, 11) is 0. The van der Waals surface area contributed by atoms with E-state index in [0.29, 0.717) is 11.0 Å². The summed E-state index contributed by atoms with van der Waals surface area (Å²) in [6.45, 7) is 0.380. The molecule has 0 fully saturated rings. The minimum atomic E-state index is -0.643. The van der Waals surface area contributed by atoms with Gasteiger partial charge in [-0.05, 0) is 4.92 Å². The van der Waals surface area contributed by atoms with Crippen molar-refractivity contribution in [3.63, 3.8) is 0 Å². The minimum Gasteiger partial charge on any atom is -0.390 e. The van der Waals surface area contributed by atoms with Gasteiger partial charge in [-0.25, -0.2) is 4.98 Å². The number of thiazole rings is 1. The van der Waals surface area contributed by atoms with Gasteiger partial charge in [-0.1, -0.05) is 16.6 Å². The van der Waals surface area contributed by atoms with Crippen LogP contribution in [0.4, 0.5) is 5.95 Å². The lowest BCUT2D eigenvalue weighted by atomic mass is 10.5. The van der Waals surface area contributed by atoms with E-state index in [4.69, 9.17) is 11.6 Å². The highest BCUT2D eigenvalue weighted by Gasteiger charge is 2.13. The third kappa shape index (κ3) is 2.28. The number of nitrogens with zero attached hydrogens (tertiary/aromatic N) is 5. The van der Waals surface area contributed by atoms with Crippen molar-refractivity contribution in [3.8, 4) is 0 Å². The zero-order chi connectivity index (χ0) is 10.8. The molecule has 9 heteroatoms. The summed E-state index contributed by atoms with van der Waals surface area (Å²) >= 11 is 6.93. The fourth-order valence-electron chi connectivity index (χ4n) is 0.961. The molecular formula is C6H4ClN5O2S. The molecule has 15 heavy (non-hydrogen) atoms. The Kier molecular flexibility index (Phi) is 2.60. The summed E-state index contributed by atoms with van der Waals surface area (Å²) in [6.07, 6.45) is 2.90. The van der Waals surface area contributed by atoms with Crippen LogP contribution >= 0.6 is 22.9 Å². The Hall–Kier alpha value is -1.54. The maximum Gasteiger partial charge on any atom is 0.490 e. The second kappa shape index (κ2) is 3.91. The lowest BCUT2D eigenvalue weighted by Gasteiger charge is -1.89. The van der Waals surface area contributed by atoms with Crippen molar-refractivity contribution in [2.45, 2.75) is 6.54 Å². The van der Waals surface area contributed by atoms with E-state index in [1.54, 1.807) is 6.20 Å². The number of hydrogen-bond acceptors (Lipinski definition) is 6. The molecule has 0 spiro atoms. The van der Waals surface area contributed by atoms with Gasteiger partial charge in [0.25, 0.3) is 0 Å². The molecule has 0 aliphatic carbocycles. The summed E-state index contributed by atoms with van der Waals surface area (Å²) in [4.78, 5) is 17.9. The van der Waals surface area contributed by atoms with Gasteiger partial charge in [0.15, 0.2) is 4.47 Å². The SMILES string of the molecule is O=[N+]([O-])c1ncn(Cc2cnc(Cl)s2)n1. The van der Waals surface area contributed by atoms with Crippen molar-refractivity contribution >= 4 is 28.9 Å². The van der Waals surface area contributed by atoms with E-state index in [1.165, 1.54) is 22.3 Å². The van der Waals surface area contributed by atoms with Gasteiger partial charge in [-0.15, -0.1) is 11.3 Å². The molecule has 0 N–H and O–H groups in total. The van der Waals surface area contributed by atoms with Crippen LogP contribution in [-0.4, -0.2) is 24.7 Å². The third-order valence-corrected chi connectivity index (χ3v) is 2.63. The molecule has 2 heterocycles. The predicted octanol–water partition coefficient (Wildman–Crippen LogP) is 1.34. The van der Waals surface area contributed by atoms with Crippen LogP contribution in [0.25, 0.3) is 0 Å². The molecule has 2 aromatic rings. The third-order valence-electron chi connectivity index (χ3n) is 1.53. The molecule has 0 unspecified atom stereocenters. The molecule has 0 aliphatic rings. The fraction of sp³-hybridized carbons (Fsp3) is 0.167. The van der Waals surface area contributed by atoms with E-state index in [2.05, 4.69) is 15.1 Å². The largest absolute Gasteiger partial charge is 0.490 e. The number of halogens is 1. The molecule has 2 rings (SSSR count). The lowest BCUT2D eigenvalue weighted by Crippen LogP contribution is -1.99. The van der Waals surface area contributed by atoms with Gasteiger partial charge < -0.3 is 10.1 Å². The normalized spacial score (nSPS) is 10.5. The number of rotatable bonds is 3. The Morgan fingerprint density at radius 1 is 1.60 bits per heavy atom. The van der Waals surface area contributed by atoms with E-state index in [0.717, 1.165) is 4.88 Å². The summed E-state index contributed by atoms with van der Waals surface area (Å²) in [5.74, 6) is -0.411. The summed E-state index contributed by atoms with van der Waals surface area (Å²) < 4.78 is 1.79. The van der Waals surface area contributed by atoms with Crippen LogP contribution in [-0.2, 0) is 6.54 Å². The first-order chi connectivity index (χ1) is 7.15. The second-order valence-corrected chi connectivity index (χ2v) is 4.28. The average molecular weight is 246 g/mol. The lowest BCUT2D eigenvalue weighted by molar-refractivity contribution is -0.394. The Balaban J connectivity index is 2.14. The van der Waals surface area contributed by atoms with E-state index in [-0.39, 0.29) is 0 Å². The Labute approximate surface area is 92.5 Å². The van der Waals surface area contributed by atoms with E-state index >= 15 is 0 Å². The van der Waals surface area contributed by atoms with Crippen molar-refractivity contribution in [1.82, 2.24) is 19.7 Å². The maximum atomic E-state index is 10.3. The zero-order valence-electron chi connectivity index (χ0n) is 7.20. The standard InChI is InChI=1S/C6H4ClN5O2S/c7-5-8-1-4(15-5)2-11-3-9-6(10-11)12(13)14/h1,3H,2H2. The van der Waals surface area contributed by atoms with Gasteiger partial charge in [0.05, 0.1) is 6.54 Å². The van der Waals surface area contributed by atoms with Crippen LogP contribution in [0.1, 0.15) is 4.88 Å². The predicted molar refractivity (Wildman–Crippen MR) is 52.9 cm³/mol. The molecule has 0 saturated carbocycles. The van der Waals surface area contributed by atoms with Crippen molar-refractivity contribution in [3.05, 3.63) is 32.0 Å². The summed E-state index contributed by atoms with van der Waals surface area (Å²) in [6, 6.07) is 0. The number of hydrogen-bond donors (Lipinski definition) is 0. The summed E-state index contributed by atoms with van der Waals surface area (Å²) in [5, 5.41) is 14.0. The van der Waals surface area contributed by atoms with Gasteiger partial charge in [-0.3, -0.25) is 0 Å². The monoisotopic (exact) mass is 245 g/mol. The molecule has 0 amide bonds. The molecule has 78 valence electrons. The first-order valence-corrected chi connectivity index (χ1v) is 4.98. The maximum absolute atomic E-state index is 10.3. The Bertz CT molecular complexity index is 495. The highest BCUT2D eigenvalue weighted by molar-refractivity contribution is 7.15. The van der Waals surface area contributed by atoms with E-state index in [9.17, 15) is 10.1 Å². The van der Waals surface area contributed by atoms with Crippen molar-refractivity contribution in [2.24, 2.45) is 0 Å². The van der Waals surface area contributed by atoms with Gasteiger partial charge in [-0.2, -0.15) is 4.68 Å². The van der Waals surface area contributed by atoms with Crippen molar-refractivity contribution in [2.75, 3.05) is 0 Å². The number of nitro groups is 1. The van der Waals surface area contributed by atoms with Gasteiger partial charge in [0.1, 0.15) is 0 Å². The van der Waals surface area contributed by atoms with Gasteiger partial charge in [0.2, 0.25) is 6.33 Å². The average Bonchev–Trinajstić information content (AvgIpc) is 2.76. The quantitative estimate of drug-likeness (QED) is 0.602. The smallest absolute Gasteiger partial charge is 0.390 e. The summed E-state index contributed by atoms with van der Waals surface area (Å²) in [5.41, 5.74) is 0. The minimum absolute atomic E-state index is 0.380. The van der Waals surface area contributed by atoms with Crippen LogP contribution < -0.4 is 0 Å². The van der Waals surface area contributed by atoms with Crippen LogP contribution in [0.3, 0.4) is 0 Å². The van der Waals surface area contributed by atoms with E-state index in [1.807, 2.05) is 0 Å². The van der Waals surface area contributed by atoms with Gasteiger partial charge in [0, 0.05) is 16.2 Å². The van der Waals surface area contributed by atoms with Gasteiger partial charge >= 0.3 is 5.95 Å². The molecular weight excluding hydrogens is 242 g/mol. The van der Waals surface area contributed by atoms with E-state index < -0.39 is 10.9 Å². The Morgan fingerprint density at radius 2 is 2.40 bits per heavy atom. The molecule has 2 aromatic heterocycles. The molecule has 7 nitrogen and oxygen atoms in total. The van der Waals surface area contributed by atoms with Crippen LogP contribution in [0, 0.1) is 10.1 Å². The highest BCUT2D eigenvalue weighted by Crippen LogP contribution is 2.18. The molecule has 0 saturated heterocycles. The number of aromatic nitrogens is 4. The highest BCUT2D eigenvalue weighted by atomic mass is 35.5. The van der Waals surface area contributed by atoms with Crippen LogP contribution in [0.2, 0.25) is 4.47 Å². The molecule has 0 aromatic carbocycles. The van der Waals surface area contributed by atoms with Crippen molar-refractivity contribution in [1.29, 1.82) is 0 Å². The van der Waals surface area contributed by atoms with Crippen LogP contribution in [0.5, 0.6) is 0 Å². The first-order valence-electron chi connectivity index (χ1n) is 3.79. The molecule has 0 atom stereocenters. The Morgan fingerprint density at radius 3 is 2.93 bits per heavy atom. The van der Waals surface area contributed by atoms with Crippen LogP contribution in [0.15, 0.2) is 12.5 Å². The topological polar surface area (TPSA) is 86.7 Å². The molecule has 0 radical (unpaired) electrons. The second-order valence-electron chi connectivity index (χ2n) is 2.58. The fourth-order valence-corrected chi connectivity index (χ4v) is 1.93. The first kappa shape index (κ1) is 9.99. The molecule has 0 bridgehead atoms. The van der Waals surface area contributed by atoms with Crippen molar-refractivity contribution < 1.29 is 4.92 Å². The molecule has 0 aliphatic heterocycles.